The second kappa shape index (κ2) is 9.41. The van der Waals surface area contributed by atoms with Gasteiger partial charge in [-0.15, -0.1) is 47.5 Å². The molecular weight excluding hydrogens is 435 g/mol. The van der Waals surface area contributed by atoms with Crippen LogP contribution in [0.5, 0.6) is 5.75 Å². The van der Waals surface area contributed by atoms with Gasteiger partial charge in [0.1, 0.15) is 11.9 Å². The minimum atomic E-state index is 0. The second-order valence-electron chi connectivity index (χ2n) is 6.75. The van der Waals surface area contributed by atoms with Gasteiger partial charge in [0.25, 0.3) is 0 Å². The molecule has 0 saturated carbocycles. The third kappa shape index (κ3) is 4.28. The molecule has 5 heterocycles. The number of rotatable bonds is 5. The summed E-state index contributed by atoms with van der Waals surface area (Å²) in [6.45, 7) is 3.54. The van der Waals surface area contributed by atoms with Crippen LogP contribution in [0.1, 0.15) is 12.8 Å². The van der Waals surface area contributed by atoms with E-state index in [2.05, 4.69) is 44.0 Å². The van der Waals surface area contributed by atoms with Gasteiger partial charge in [0.15, 0.2) is 10.3 Å². The number of ether oxygens (including phenoxy) is 1. The number of fused-ring (bicyclic) bond motifs is 3. The third-order valence-corrected chi connectivity index (χ3v) is 6.71. The fourth-order valence-electron chi connectivity index (χ4n) is 3.85. The molecule has 1 aromatic carbocycles. The highest BCUT2D eigenvalue weighted by atomic mass is 35.5. The summed E-state index contributed by atoms with van der Waals surface area (Å²) in [5.41, 5.74) is 1.05. The number of nitrogens with zero attached hydrogens (tertiary/aromatic N) is 4. The van der Waals surface area contributed by atoms with E-state index in [0.29, 0.717) is 12.0 Å². The summed E-state index contributed by atoms with van der Waals surface area (Å²) >= 11 is 3.22. The molecule has 28 heavy (non-hydrogen) atoms. The van der Waals surface area contributed by atoms with E-state index in [1.165, 1.54) is 25.9 Å². The van der Waals surface area contributed by atoms with Gasteiger partial charge in [-0.25, -0.2) is 9.97 Å². The molecule has 0 radical (unpaired) electrons. The molecule has 5 nitrogen and oxygen atoms in total. The highest BCUT2D eigenvalue weighted by Crippen LogP contribution is 2.38. The zero-order valence-corrected chi connectivity index (χ0v) is 18.4. The van der Waals surface area contributed by atoms with Crippen molar-refractivity contribution in [3.05, 3.63) is 47.4 Å². The summed E-state index contributed by atoms with van der Waals surface area (Å²) in [5, 5.41) is 5.82. The third-order valence-electron chi connectivity index (χ3n) is 5.20. The largest absolute Gasteiger partial charge is 0.489 e. The molecule has 0 aliphatic carbocycles. The number of hydrogen-bond donors (Lipinski definition) is 0. The second-order valence-corrected chi connectivity index (χ2v) is 8.50. The molecule has 3 aromatic rings. The van der Waals surface area contributed by atoms with Gasteiger partial charge in [-0.1, -0.05) is 0 Å². The van der Waals surface area contributed by atoms with Crippen LogP contribution in [-0.4, -0.2) is 40.6 Å². The van der Waals surface area contributed by atoms with E-state index in [4.69, 9.17) is 4.74 Å². The minimum absolute atomic E-state index is 0. The van der Waals surface area contributed by atoms with Crippen LogP contribution in [0.15, 0.2) is 47.4 Å². The summed E-state index contributed by atoms with van der Waals surface area (Å²) in [6, 6.07) is 8.33. The molecule has 1 unspecified atom stereocenters. The van der Waals surface area contributed by atoms with E-state index < -0.39 is 0 Å². The molecule has 2 bridgehead atoms. The van der Waals surface area contributed by atoms with Crippen LogP contribution in [0.25, 0.3) is 0 Å². The Labute approximate surface area is 185 Å². The fourth-order valence-corrected chi connectivity index (χ4v) is 5.23. The molecule has 3 fully saturated rings. The molecule has 9 heteroatoms. The predicted molar refractivity (Wildman–Crippen MR) is 121 cm³/mol. The molecule has 150 valence electrons. The van der Waals surface area contributed by atoms with Crippen molar-refractivity contribution in [3.63, 3.8) is 0 Å². The van der Waals surface area contributed by atoms with E-state index >= 15 is 0 Å². The van der Waals surface area contributed by atoms with Crippen LogP contribution in [0.3, 0.4) is 0 Å². The van der Waals surface area contributed by atoms with Crippen molar-refractivity contribution in [2.45, 2.75) is 18.9 Å². The van der Waals surface area contributed by atoms with E-state index in [0.717, 1.165) is 28.2 Å². The Morgan fingerprint density at radius 3 is 2.00 bits per heavy atom. The predicted octanol–water partition coefficient (Wildman–Crippen LogP) is 5.39. The first-order chi connectivity index (χ1) is 12.9. The summed E-state index contributed by atoms with van der Waals surface area (Å²) in [5.74, 6) is 1.66. The fraction of sp³-hybridized carbons (Fsp3) is 0.368. The van der Waals surface area contributed by atoms with Crippen LogP contribution >= 0.6 is 47.5 Å². The first kappa shape index (κ1) is 21.3. The zero-order valence-electron chi connectivity index (χ0n) is 15.1. The van der Waals surface area contributed by atoms with Gasteiger partial charge in [-0.2, -0.15) is 0 Å². The number of piperidine rings is 3. The Kier molecular flexibility index (Phi) is 7.17. The Balaban J connectivity index is 0.00000112. The van der Waals surface area contributed by atoms with Crippen LogP contribution in [-0.2, 0) is 0 Å². The minimum Gasteiger partial charge on any atom is -0.489 e. The molecule has 6 rings (SSSR count). The van der Waals surface area contributed by atoms with Gasteiger partial charge < -0.3 is 4.74 Å². The van der Waals surface area contributed by atoms with Crippen molar-refractivity contribution in [2.75, 3.05) is 24.5 Å². The first-order valence-corrected chi connectivity index (χ1v) is 10.7. The average Bonchev–Trinajstić information content (AvgIpc) is 3.39. The summed E-state index contributed by atoms with van der Waals surface area (Å²) < 4.78 is 6.32. The summed E-state index contributed by atoms with van der Waals surface area (Å²) in [7, 11) is 0. The van der Waals surface area contributed by atoms with Crippen molar-refractivity contribution >= 4 is 63.4 Å². The molecular formula is C19H22Cl2N4OS2. The highest BCUT2D eigenvalue weighted by molar-refractivity contribution is 7.16. The Morgan fingerprint density at radius 2 is 1.54 bits per heavy atom. The lowest BCUT2D eigenvalue weighted by Gasteiger charge is -2.44. The Hall–Kier alpha value is -1.38. The van der Waals surface area contributed by atoms with Crippen LogP contribution in [0, 0.1) is 5.92 Å². The molecule has 1 atom stereocenters. The van der Waals surface area contributed by atoms with Gasteiger partial charge >= 0.3 is 0 Å². The van der Waals surface area contributed by atoms with Crippen LogP contribution < -0.4 is 9.64 Å². The molecule has 0 spiro atoms. The van der Waals surface area contributed by atoms with Gasteiger partial charge in [-0.05, 0) is 56.1 Å². The van der Waals surface area contributed by atoms with Gasteiger partial charge in [0.05, 0.1) is 5.69 Å². The first-order valence-electron chi connectivity index (χ1n) is 8.95. The van der Waals surface area contributed by atoms with E-state index in [-0.39, 0.29) is 24.8 Å². The van der Waals surface area contributed by atoms with Crippen molar-refractivity contribution in [1.29, 1.82) is 0 Å². The van der Waals surface area contributed by atoms with Crippen LogP contribution in [0.2, 0.25) is 0 Å². The quantitative estimate of drug-likeness (QED) is 0.514. The molecule has 3 aliphatic rings. The van der Waals surface area contributed by atoms with Crippen molar-refractivity contribution < 1.29 is 4.74 Å². The van der Waals surface area contributed by atoms with Gasteiger partial charge in [-0.3, -0.25) is 9.80 Å². The summed E-state index contributed by atoms with van der Waals surface area (Å²) in [6.07, 6.45) is 6.52. The zero-order chi connectivity index (χ0) is 17.3. The molecule has 2 aromatic heterocycles. The number of thiazole rings is 2. The maximum Gasteiger partial charge on any atom is 0.196 e. The van der Waals surface area contributed by atoms with E-state index in [9.17, 15) is 0 Å². The van der Waals surface area contributed by atoms with Gasteiger partial charge in [0, 0.05) is 29.7 Å². The Bertz CT molecular complexity index is 803. The number of benzene rings is 1. The van der Waals surface area contributed by atoms with Crippen molar-refractivity contribution in [3.8, 4) is 5.75 Å². The molecule has 3 aliphatic heterocycles. The number of halogens is 2. The number of aromatic nitrogens is 2. The standard InChI is InChI=1S/C19H20N4OS2.2ClH/c1-3-16(24-17-13-22-9-5-14(17)6-10-22)4-2-15(1)23(18-20-7-11-25-18)19-21-8-12-26-19;;/h1-4,7-8,11-12,14,17H,5-6,9-10,13H2;2*1H. The van der Waals surface area contributed by atoms with Crippen molar-refractivity contribution in [2.24, 2.45) is 5.92 Å². The number of hydrogen-bond acceptors (Lipinski definition) is 7. The topological polar surface area (TPSA) is 41.5 Å². The van der Waals surface area contributed by atoms with Crippen molar-refractivity contribution in [1.82, 2.24) is 14.9 Å². The Morgan fingerprint density at radius 1 is 0.929 bits per heavy atom. The maximum atomic E-state index is 6.32. The van der Waals surface area contributed by atoms with E-state index in [1.54, 1.807) is 22.7 Å². The molecule has 0 amide bonds. The normalized spacial score (nSPS) is 22.8. The number of anilines is 3. The lowest BCUT2D eigenvalue weighted by molar-refractivity contribution is -0.00775. The smallest absolute Gasteiger partial charge is 0.196 e. The van der Waals surface area contributed by atoms with Gasteiger partial charge in [0.2, 0.25) is 0 Å². The highest BCUT2D eigenvalue weighted by Gasteiger charge is 2.35. The summed E-state index contributed by atoms with van der Waals surface area (Å²) in [4.78, 5) is 13.5. The average molecular weight is 457 g/mol. The SMILES string of the molecule is Cl.Cl.c1csc(N(c2ccc(OC3CN4CCC3CC4)cc2)c2nccs2)n1. The maximum absolute atomic E-state index is 6.32. The van der Waals surface area contributed by atoms with Crippen LogP contribution in [0.4, 0.5) is 16.0 Å². The molecule has 3 saturated heterocycles. The lowest BCUT2D eigenvalue weighted by atomic mass is 9.86. The van der Waals surface area contributed by atoms with E-state index in [1.807, 2.05) is 23.2 Å². The molecule has 0 N–H and O–H groups in total. The lowest BCUT2D eigenvalue weighted by Crippen LogP contribution is -2.52. The monoisotopic (exact) mass is 456 g/mol.